The summed E-state index contributed by atoms with van der Waals surface area (Å²) in [5.74, 6) is 0.447. The Hall–Kier alpha value is -1.94. The van der Waals surface area contributed by atoms with Crippen LogP contribution in [0.2, 0.25) is 0 Å². The number of hydrogen-bond donors (Lipinski definition) is 1. The number of aromatic nitrogens is 1. The number of anilines is 2. The van der Waals surface area contributed by atoms with Gasteiger partial charge < -0.3 is 10.0 Å². The standard InChI is InChI=1S/C13H13FN2O/c1-16(12-4-2-11(14)3-5-12)13-8-10(9-17)6-7-15-13/h2-8,17H,9H2,1H3. The van der Waals surface area contributed by atoms with Gasteiger partial charge in [0.1, 0.15) is 11.6 Å². The summed E-state index contributed by atoms with van der Waals surface area (Å²) >= 11 is 0. The van der Waals surface area contributed by atoms with Crippen molar-refractivity contribution in [1.82, 2.24) is 4.98 Å². The van der Waals surface area contributed by atoms with Crippen LogP contribution in [0.1, 0.15) is 5.56 Å². The molecule has 1 aromatic heterocycles. The minimum atomic E-state index is -0.265. The van der Waals surface area contributed by atoms with Gasteiger partial charge in [0.2, 0.25) is 0 Å². The topological polar surface area (TPSA) is 36.4 Å². The van der Waals surface area contributed by atoms with E-state index in [1.165, 1.54) is 12.1 Å². The Morgan fingerprint density at radius 1 is 1.24 bits per heavy atom. The van der Waals surface area contributed by atoms with Gasteiger partial charge in [-0.05, 0) is 42.0 Å². The molecule has 1 N–H and O–H groups in total. The molecule has 0 saturated carbocycles. The number of nitrogens with zero attached hydrogens (tertiary/aromatic N) is 2. The molecular weight excluding hydrogens is 219 g/mol. The zero-order chi connectivity index (χ0) is 12.3. The molecule has 4 heteroatoms. The van der Waals surface area contributed by atoms with Gasteiger partial charge in [-0.15, -0.1) is 0 Å². The first kappa shape index (κ1) is 11.5. The van der Waals surface area contributed by atoms with Crippen LogP contribution in [-0.4, -0.2) is 17.1 Å². The molecule has 0 spiro atoms. The minimum absolute atomic E-state index is 0.0211. The summed E-state index contributed by atoms with van der Waals surface area (Å²) in [4.78, 5) is 6.04. The number of hydrogen-bond acceptors (Lipinski definition) is 3. The molecule has 1 heterocycles. The lowest BCUT2D eigenvalue weighted by Crippen LogP contribution is -2.11. The Bertz CT molecular complexity index is 499. The normalized spacial score (nSPS) is 10.3. The second kappa shape index (κ2) is 4.93. The largest absolute Gasteiger partial charge is 0.392 e. The SMILES string of the molecule is CN(c1ccc(F)cc1)c1cc(CO)ccn1. The maximum atomic E-state index is 12.8. The van der Waals surface area contributed by atoms with Gasteiger partial charge in [0.25, 0.3) is 0 Å². The third kappa shape index (κ3) is 2.60. The highest BCUT2D eigenvalue weighted by molar-refractivity contribution is 5.59. The smallest absolute Gasteiger partial charge is 0.132 e. The van der Waals surface area contributed by atoms with E-state index in [2.05, 4.69) is 4.98 Å². The predicted octanol–water partition coefficient (Wildman–Crippen LogP) is 2.48. The maximum absolute atomic E-state index is 12.8. The number of benzene rings is 1. The number of rotatable bonds is 3. The van der Waals surface area contributed by atoms with Gasteiger partial charge >= 0.3 is 0 Å². The molecule has 88 valence electrons. The van der Waals surface area contributed by atoms with Crippen molar-refractivity contribution in [1.29, 1.82) is 0 Å². The van der Waals surface area contributed by atoms with Gasteiger partial charge in [0.15, 0.2) is 0 Å². The van der Waals surface area contributed by atoms with Crippen LogP contribution in [-0.2, 0) is 6.61 Å². The van der Waals surface area contributed by atoms with Crippen LogP contribution in [0.4, 0.5) is 15.9 Å². The molecule has 3 nitrogen and oxygen atoms in total. The number of aliphatic hydroxyl groups is 1. The summed E-state index contributed by atoms with van der Waals surface area (Å²) in [6.07, 6.45) is 1.64. The van der Waals surface area contributed by atoms with Crippen LogP contribution < -0.4 is 4.90 Å². The van der Waals surface area contributed by atoms with E-state index < -0.39 is 0 Å². The Labute approximate surface area is 99.2 Å². The molecular formula is C13H13FN2O. The van der Waals surface area contributed by atoms with Crippen LogP contribution in [0.25, 0.3) is 0 Å². The van der Waals surface area contributed by atoms with Crippen LogP contribution in [0, 0.1) is 5.82 Å². The lowest BCUT2D eigenvalue weighted by Gasteiger charge is -2.18. The van der Waals surface area contributed by atoms with E-state index >= 15 is 0 Å². The summed E-state index contributed by atoms with van der Waals surface area (Å²) in [6.45, 7) is -0.0211. The number of pyridine rings is 1. The van der Waals surface area contributed by atoms with Crippen molar-refractivity contribution in [2.45, 2.75) is 6.61 Å². The van der Waals surface area contributed by atoms with Crippen molar-refractivity contribution in [2.24, 2.45) is 0 Å². The lowest BCUT2D eigenvalue weighted by molar-refractivity contribution is 0.282. The van der Waals surface area contributed by atoms with E-state index in [4.69, 9.17) is 5.11 Å². The van der Waals surface area contributed by atoms with Crippen LogP contribution in [0.15, 0.2) is 42.6 Å². The van der Waals surface area contributed by atoms with Crippen molar-refractivity contribution in [3.63, 3.8) is 0 Å². The van der Waals surface area contributed by atoms with E-state index in [1.807, 2.05) is 11.9 Å². The molecule has 17 heavy (non-hydrogen) atoms. The molecule has 1 aromatic carbocycles. The second-order valence-corrected chi connectivity index (χ2v) is 3.72. The fourth-order valence-electron chi connectivity index (χ4n) is 1.54. The van der Waals surface area contributed by atoms with Gasteiger partial charge in [-0.1, -0.05) is 0 Å². The second-order valence-electron chi connectivity index (χ2n) is 3.72. The molecule has 0 atom stereocenters. The summed E-state index contributed by atoms with van der Waals surface area (Å²) in [5.41, 5.74) is 1.64. The van der Waals surface area contributed by atoms with Crippen molar-refractivity contribution in [3.8, 4) is 0 Å². The summed E-state index contributed by atoms with van der Waals surface area (Å²) in [6, 6.07) is 9.72. The molecule has 2 rings (SSSR count). The Morgan fingerprint density at radius 3 is 2.59 bits per heavy atom. The highest BCUT2D eigenvalue weighted by atomic mass is 19.1. The molecule has 0 unspecified atom stereocenters. The third-order valence-electron chi connectivity index (χ3n) is 2.55. The van der Waals surface area contributed by atoms with E-state index in [0.717, 1.165) is 11.3 Å². The molecule has 0 saturated heterocycles. The number of aliphatic hydroxyl groups excluding tert-OH is 1. The van der Waals surface area contributed by atoms with Gasteiger partial charge in [0.05, 0.1) is 6.61 Å². The molecule has 0 aliphatic carbocycles. The average Bonchev–Trinajstić information content (AvgIpc) is 2.39. The predicted molar refractivity (Wildman–Crippen MR) is 64.6 cm³/mol. The third-order valence-corrected chi connectivity index (χ3v) is 2.55. The monoisotopic (exact) mass is 232 g/mol. The van der Waals surface area contributed by atoms with Gasteiger partial charge in [-0.25, -0.2) is 9.37 Å². The van der Waals surface area contributed by atoms with E-state index in [9.17, 15) is 4.39 Å². The van der Waals surface area contributed by atoms with Crippen molar-refractivity contribution in [3.05, 3.63) is 54.0 Å². The van der Waals surface area contributed by atoms with Gasteiger partial charge in [-0.2, -0.15) is 0 Å². The molecule has 0 bridgehead atoms. The maximum Gasteiger partial charge on any atom is 0.132 e. The first-order chi connectivity index (χ1) is 8.20. The first-order valence-electron chi connectivity index (χ1n) is 5.26. The Balaban J connectivity index is 2.29. The quantitative estimate of drug-likeness (QED) is 0.883. The molecule has 0 fully saturated rings. The Kier molecular flexibility index (Phi) is 3.35. The van der Waals surface area contributed by atoms with E-state index in [-0.39, 0.29) is 12.4 Å². The van der Waals surface area contributed by atoms with Crippen molar-refractivity contribution < 1.29 is 9.50 Å². The summed E-state index contributed by atoms with van der Waals surface area (Å²) < 4.78 is 12.8. The zero-order valence-corrected chi connectivity index (χ0v) is 9.47. The zero-order valence-electron chi connectivity index (χ0n) is 9.47. The van der Waals surface area contributed by atoms with Crippen molar-refractivity contribution in [2.75, 3.05) is 11.9 Å². The molecule has 2 aromatic rings. The average molecular weight is 232 g/mol. The van der Waals surface area contributed by atoms with E-state index in [1.54, 1.807) is 30.5 Å². The van der Waals surface area contributed by atoms with Crippen LogP contribution >= 0.6 is 0 Å². The molecule has 0 aliphatic heterocycles. The highest BCUT2D eigenvalue weighted by Crippen LogP contribution is 2.22. The van der Waals surface area contributed by atoms with E-state index in [0.29, 0.717) is 5.82 Å². The summed E-state index contributed by atoms with van der Waals surface area (Å²) in [7, 11) is 1.84. The minimum Gasteiger partial charge on any atom is -0.392 e. The van der Waals surface area contributed by atoms with Crippen LogP contribution in [0.5, 0.6) is 0 Å². The van der Waals surface area contributed by atoms with Crippen LogP contribution in [0.3, 0.4) is 0 Å². The summed E-state index contributed by atoms with van der Waals surface area (Å²) in [5, 5.41) is 9.05. The molecule has 0 radical (unpaired) electrons. The molecule has 0 aliphatic rings. The van der Waals surface area contributed by atoms with Crippen molar-refractivity contribution >= 4 is 11.5 Å². The fourth-order valence-corrected chi connectivity index (χ4v) is 1.54. The Morgan fingerprint density at radius 2 is 1.94 bits per heavy atom. The van der Waals surface area contributed by atoms with Gasteiger partial charge in [0, 0.05) is 18.9 Å². The first-order valence-corrected chi connectivity index (χ1v) is 5.26. The molecule has 0 amide bonds. The highest BCUT2D eigenvalue weighted by Gasteiger charge is 2.05. The van der Waals surface area contributed by atoms with Gasteiger partial charge in [-0.3, -0.25) is 0 Å². The number of halogens is 1. The fraction of sp³-hybridized carbons (Fsp3) is 0.154. The lowest BCUT2D eigenvalue weighted by atomic mass is 10.2.